The van der Waals surface area contributed by atoms with Crippen LogP contribution in [0.15, 0.2) is 28.5 Å². The van der Waals surface area contributed by atoms with Crippen molar-refractivity contribution in [2.75, 3.05) is 6.26 Å². The highest BCUT2D eigenvalue weighted by molar-refractivity contribution is 8.02. The molecule has 16 heavy (non-hydrogen) atoms. The molecule has 0 amide bonds. The van der Waals surface area contributed by atoms with E-state index in [-0.39, 0.29) is 24.0 Å². The van der Waals surface area contributed by atoms with Crippen molar-refractivity contribution in [2.24, 2.45) is 0 Å². The SMILES string of the molecule is CSc1[s+]sc(-c2ccc(C)cc2)c1C.[I-]. The lowest BCUT2D eigenvalue weighted by atomic mass is 10.1. The van der Waals surface area contributed by atoms with Gasteiger partial charge in [0, 0.05) is 5.56 Å². The van der Waals surface area contributed by atoms with Gasteiger partial charge in [-0.25, -0.2) is 0 Å². The summed E-state index contributed by atoms with van der Waals surface area (Å²) in [4.78, 5) is 1.42. The Morgan fingerprint density at radius 2 is 1.75 bits per heavy atom. The summed E-state index contributed by atoms with van der Waals surface area (Å²) in [6, 6.07) is 8.78. The van der Waals surface area contributed by atoms with E-state index in [1.165, 1.54) is 25.8 Å². The third kappa shape index (κ3) is 2.97. The van der Waals surface area contributed by atoms with Gasteiger partial charge in [-0.1, -0.05) is 41.6 Å². The lowest BCUT2D eigenvalue weighted by Gasteiger charge is -1.97. The molecule has 0 radical (unpaired) electrons. The first kappa shape index (κ1) is 14.4. The standard InChI is InChI=1S/C12H13S3.HI/c1-8-4-6-10(7-5-8)11-9(2)12(13-3)15-14-11;/h4-7H,1-3H3;1H/q+1;/p-1. The molecular weight excluding hydrogens is 367 g/mol. The first-order valence-electron chi connectivity index (χ1n) is 4.76. The summed E-state index contributed by atoms with van der Waals surface area (Å²) in [5.74, 6) is 0. The van der Waals surface area contributed by atoms with Crippen LogP contribution in [0, 0.1) is 13.8 Å². The second-order valence-corrected chi connectivity index (χ2v) is 6.70. The fraction of sp³-hybridized carbons (Fsp3) is 0.250. The molecule has 4 heteroatoms. The average molecular weight is 380 g/mol. The average Bonchev–Trinajstić information content (AvgIpc) is 2.61. The molecule has 0 aliphatic carbocycles. The quantitative estimate of drug-likeness (QED) is 0.333. The Labute approximate surface area is 126 Å². The number of benzene rings is 1. The topological polar surface area (TPSA) is 0 Å². The Balaban J connectivity index is 0.00000128. The van der Waals surface area contributed by atoms with Crippen LogP contribution in [0.2, 0.25) is 0 Å². The van der Waals surface area contributed by atoms with E-state index < -0.39 is 0 Å². The van der Waals surface area contributed by atoms with Gasteiger partial charge in [-0.05, 0) is 25.7 Å². The van der Waals surface area contributed by atoms with Crippen LogP contribution >= 0.6 is 32.4 Å². The maximum atomic E-state index is 2.22. The molecule has 2 rings (SSSR count). The van der Waals surface area contributed by atoms with Gasteiger partial charge in [0.2, 0.25) is 0 Å². The van der Waals surface area contributed by atoms with Gasteiger partial charge in [0.15, 0.2) is 10.3 Å². The highest BCUT2D eigenvalue weighted by Crippen LogP contribution is 2.40. The van der Waals surface area contributed by atoms with E-state index in [1.807, 2.05) is 32.4 Å². The molecule has 1 aromatic heterocycles. The van der Waals surface area contributed by atoms with E-state index >= 15 is 0 Å². The van der Waals surface area contributed by atoms with Crippen LogP contribution in [-0.2, 0) is 0 Å². The van der Waals surface area contributed by atoms with E-state index in [9.17, 15) is 0 Å². The summed E-state index contributed by atoms with van der Waals surface area (Å²) >= 11 is 1.84. The molecule has 0 unspecified atom stereocenters. The van der Waals surface area contributed by atoms with E-state index in [4.69, 9.17) is 0 Å². The lowest BCUT2D eigenvalue weighted by Crippen LogP contribution is -3.00. The molecule has 0 saturated carbocycles. The van der Waals surface area contributed by atoms with Crippen LogP contribution in [0.4, 0.5) is 0 Å². The van der Waals surface area contributed by atoms with Crippen molar-refractivity contribution in [3.05, 3.63) is 35.4 Å². The Morgan fingerprint density at radius 3 is 2.25 bits per heavy atom. The molecular formula is C12H13IS3. The van der Waals surface area contributed by atoms with Gasteiger partial charge in [-0.3, -0.25) is 0 Å². The van der Waals surface area contributed by atoms with Crippen LogP contribution in [0.3, 0.4) is 0 Å². The monoisotopic (exact) mass is 380 g/mol. The zero-order valence-corrected chi connectivity index (χ0v) is 14.0. The molecule has 0 aliphatic rings. The molecule has 0 saturated heterocycles. The Hall–Kier alpha value is 0.350. The van der Waals surface area contributed by atoms with E-state index in [0.717, 1.165) is 0 Å². The fourth-order valence-corrected chi connectivity index (χ4v) is 5.54. The van der Waals surface area contributed by atoms with Gasteiger partial charge in [0.1, 0.15) is 4.88 Å². The zero-order valence-electron chi connectivity index (χ0n) is 9.41. The molecule has 0 atom stereocenters. The van der Waals surface area contributed by atoms with Crippen molar-refractivity contribution in [3.8, 4) is 10.4 Å². The predicted octanol–water partition coefficient (Wildman–Crippen LogP) is 2.10. The molecule has 86 valence electrons. The highest BCUT2D eigenvalue weighted by Gasteiger charge is 2.20. The van der Waals surface area contributed by atoms with Crippen molar-refractivity contribution in [1.82, 2.24) is 0 Å². The molecule has 2 aromatic rings. The van der Waals surface area contributed by atoms with Crippen molar-refractivity contribution in [1.29, 1.82) is 0 Å². The van der Waals surface area contributed by atoms with Crippen LogP contribution in [-0.4, -0.2) is 6.26 Å². The van der Waals surface area contributed by atoms with Crippen molar-refractivity contribution >= 4 is 32.4 Å². The molecule has 0 fully saturated rings. The third-order valence-electron chi connectivity index (χ3n) is 2.35. The first-order chi connectivity index (χ1) is 7.22. The maximum absolute atomic E-state index is 2.22. The number of hydrogen-bond donors (Lipinski definition) is 0. The van der Waals surface area contributed by atoms with Gasteiger partial charge in [-0.2, -0.15) is 0 Å². The van der Waals surface area contributed by atoms with Crippen LogP contribution < -0.4 is 24.0 Å². The zero-order chi connectivity index (χ0) is 10.8. The molecule has 0 nitrogen and oxygen atoms in total. The molecule has 0 aliphatic heterocycles. The number of aryl methyl sites for hydroxylation is 1. The van der Waals surface area contributed by atoms with Gasteiger partial charge < -0.3 is 24.0 Å². The van der Waals surface area contributed by atoms with Crippen molar-refractivity contribution < 1.29 is 24.0 Å². The van der Waals surface area contributed by atoms with Crippen molar-refractivity contribution in [3.63, 3.8) is 0 Å². The third-order valence-corrected chi connectivity index (χ3v) is 6.59. The Bertz CT molecular complexity index is 460. The van der Waals surface area contributed by atoms with E-state index in [0.29, 0.717) is 0 Å². The Morgan fingerprint density at radius 1 is 1.12 bits per heavy atom. The minimum absolute atomic E-state index is 0. The maximum Gasteiger partial charge on any atom is 0.308 e. The minimum Gasteiger partial charge on any atom is -1.00 e. The van der Waals surface area contributed by atoms with Gasteiger partial charge >= 0.3 is 10.3 Å². The van der Waals surface area contributed by atoms with Gasteiger partial charge in [0.05, 0.1) is 0 Å². The van der Waals surface area contributed by atoms with Crippen LogP contribution in [0.5, 0.6) is 0 Å². The normalized spacial score (nSPS) is 9.94. The van der Waals surface area contributed by atoms with Gasteiger partial charge in [0.25, 0.3) is 4.21 Å². The molecule has 1 aromatic carbocycles. The number of halogens is 1. The molecule has 0 spiro atoms. The second-order valence-electron chi connectivity index (χ2n) is 3.48. The summed E-state index contributed by atoms with van der Waals surface area (Å²) < 4.78 is 1.44. The summed E-state index contributed by atoms with van der Waals surface area (Å²) in [6.45, 7) is 4.34. The fourth-order valence-electron chi connectivity index (χ4n) is 1.45. The predicted molar refractivity (Wildman–Crippen MR) is 73.3 cm³/mol. The largest absolute Gasteiger partial charge is 1.00 e. The van der Waals surface area contributed by atoms with Crippen LogP contribution in [0.25, 0.3) is 10.4 Å². The summed E-state index contributed by atoms with van der Waals surface area (Å²) in [5.41, 5.74) is 4.10. The Kier molecular flexibility index (Phi) is 5.70. The van der Waals surface area contributed by atoms with Gasteiger partial charge in [-0.15, -0.1) is 0 Å². The first-order valence-corrected chi connectivity index (χ1v) is 8.13. The highest BCUT2D eigenvalue weighted by atomic mass is 127. The summed E-state index contributed by atoms with van der Waals surface area (Å²) in [7, 11) is 3.76. The smallest absolute Gasteiger partial charge is 0.308 e. The summed E-state index contributed by atoms with van der Waals surface area (Å²) in [6.07, 6.45) is 2.14. The second kappa shape index (κ2) is 6.33. The molecule has 0 bridgehead atoms. The van der Waals surface area contributed by atoms with Crippen molar-refractivity contribution in [2.45, 2.75) is 18.1 Å². The number of thioether (sulfide) groups is 1. The minimum atomic E-state index is 0. The molecule has 0 N–H and O–H groups in total. The number of rotatable bonds is 2. The summed E-state index contributed by atoms with van der Waals surface area (Å²) in [5, 5.41) is 0. The lowest BCUT2D eigenvalue weighted by molar-refractivity contribution is -0.00000299. The van der Waals surface area contributed by atoms with E-state index in [1.54, 1.807) is 0 Å². The number of hydrogen-bond acceptors (Lipinski definition) is 2. The van der Waals surface area contributed by atoms with Crippen LogP contribution in [0.1, 0.15) is 11.1 Å². The van der Waals surface area contributed by atoms with E-state index in [2.05, 4.69) is 44.4 Å². The molecule has 1 heterocycles.